The number of fused-ring (bicyclic) bond motifs is 1. The van der Waals surface area contributed by atoms with E-state index in [9.17, 15) is 45.9 Å². The first kappa shape index (κ1) is 39.4. The Morgan fingerprint density at radius 2 is 1.76 bits per heavy atom. The number of hydrogen-bond acceptors (Lipinski definition) is 10. The standard InChI is InChI=1S/C39H33F5N8O6/c40-33(41)32-26(47-34(54)27-19-58-36(48-27)23-15-16-45-29(17-23)46-20-39(42,43)44)18-51(50-32)24-11-9-21(10-12-24)5-2-1-3-6-22-7-4-8-25-31(22)38(57)52(37(25)56)28-13-14-30(53)49-35(28)55/h4,7-12,15-19,28,33H,1-3,5-6,13-14,20H2,(H,45,46)(H,47,54)(H,49,53,55). The average molecular weight is 805 g/mol. The molecule has 3 N–H and O–H groups in total. The molecule has 300 valence electrons. The number of oxazole rings is 1. The summed E-state index contributed by atoms with van der Waals surface area (Å²) in [4.78, 5) is 72.3. The molecule has 0 aliphatic carbocycles. The maximum absolute atomic E-state index is 14.0. The van der Waals surface area contributed by atoms with Crippen molar-refractivity contribution in [2.45, 2.75) is 63.6 Å². The van der Waals surface area contributed by atoms with Crippen LogP contribution in [-0.2, 0) is 22.4 Å². The van der Waals surface area contributed by atoms with Gasteiger partial charge in [-0.25, -0.2) is 23.4 Å². The summed E-state index contributed by atoms with van der Waals surface area (Å²) < 4.78 is 72.3. The number of amides is 5. The predicted octanol–water partition coefficient (Wildman–Crippen LogP) is 6.44. The minimum Gasteiger partial charge on any atom is -0.444 e. The molecule has 1 atom stereocenters. The molecular formula is C39H33F5N8O6. The van der Waals surface area contributed by atoms with E-state index in [0.717, 1.165) is 36.0 Å². The molecular weight excluding hydrogens is 771 g/mol. The van der Waals surface area contributed by atoms with Crippen LogP contribution in [0, 0.1) is 0 Å². The average Bonchev–Trinajstić information content (AvgIpc) is 3.92. The van der Waals surface area contributed by atoms with Gasteiger partial charge in [-0.3, -0.25) is 34.2 Å². The molecule has 7 rings (SSSR count). The second-order valence-corrected chi connectivity index (χ2v) is 13.6. The van der Waals surface area contributed by atoms with Crippen molar-refractivity contribution in [3.05, 3.63) is 107 Å². The molecule has 5 heterocycles. The molecule has 1 unspecified atom stereocenters. The number of piperidine rings is 1. The summed E-state index contributed by atoms with van der Waals surface area (Å²) in [6, 6.07) is 13.7. The third-order valence-corrected chi connectivity index (χ3v) is 9.58. The third-order valence-electron chi connectivity index (χ3n) is 9.58. The molecule has 1 fully saturated rings. The number of aromatic nitrogens is 4. The minimum absolute atomic E-state index is 0.0385. The fourth-order valence-electron chi connectivity index (χ4n) is 6.75. The lowest BCUT2D eigenvalue weighted by molar-refractivity contribution is -0.136. The zero-order valence-electron chi connectivity index (χ0n) is 30.3. The molecule has 3 aromatic heterocycles. The molecule has 58 heavy (non-hydrogen) atoms. The van der Waals surface area contributed by atoms with Crippen molar-refractivity contribution in [2.24, 2.45) is 0 Å². The van der Waals surface area contributed by atoms with Gasteiger partial charge in [-0.2, -0.15) is 18.3 Å². The van der Waals surface area contributed by atoms with Crippen LogP contribution < -0.4 is 16.0 Å². The first-order valence-electron chi connectivity index (χ1n) is 18.1. The highest BCUT2D eigenvalue weighted by Gasteiger charge is 2.45. The number of alkyl halides is 5. The molecule has 0 spiro atoms. The van der Waals surface area contributed by atoms with Gasteiger partial charge in [0.15, 0.2) is 11.4 Å². The molecule has 5 aromatic rings. The smallest absolute Gasteiger partial charge is 0.405 e. The summed E-state index contributed by atoms with van der Waals surface area (Å²) in [6.45, 7) is -1.32. The van der Waals surface area contributed by atoms with Crippen LogP contribution in [0.2, 0.25) is 0 Å². The maximum Gasteiger partial charge on any atom is 0.405 e. The Morgan fingerprint density at radius 1 is 0.983 bits per heavy atom. The van der Waals surface area contributed by atoms with E-state index < -0.39 is 60.4 Å². The van der Waals surface area contributed by atoms with Crippen LogP contribution in [0.25, 0.3) is 17.1 Å². The summed E-state index contributed by atoms with van der Waals surface area (Å²) in [7, 11) is 0. The van der Waals surface area contributed by atoms with E-state index in [0.29, 0.717) is 24.1 Å². The molecule has 5 amide bonds. The van der Waals surface area contributed by atoms with Gasteiger partial charge in [-0.1, -0.05) is 30.7 Å². The third kappa shape index (κ3) is 8.62. The highest BCUT2D eigenvalue weighted by atomic mass is 19.4. The van der Waals surface area contributed by atoms with Crippen LogP contribution in [0.15, 0.2) is 77.7 Å². The molecule has 14 nitrogen and oxygen atoms in total. The molecule has 0 saturated carbocycles. The number of halogens is 5. The molecule has 2 aliphatic rings. The van der Waals surface area contributed by atoms with E-state index in [1.165, 1.54) is 29.2 Å². The van der Waals surface area contributed by atoms with E-state index in [1.807, 2.05) is 12.1 Å². The lowest BCUT2D eigenvalue weighted by Gasteiger charge is -2.27. The van der Waals surface area contributed by atoms with Crippen LogP contribution in [0.4, 0.5) is 33.5 Å². The summed E-state index contributed by atoms with van der Waals surface area (Å²) in [5.74, 6) is -3.29. The van der Waals surface area contributed by atoms with Crippen LogP contribution in [-0.4, -0.2) is 72.9 Å². The van der Waals surface area contributed by atoms with Gasteiger partial charge in [-0.15, -0.1) is 0 Å². The number of anilines is 2. The Bertz CT molecular complexity index is 2390. The highest BCUT2D eigenvalue weighted by Crippen LogP contribution is 2.32. The second kappa shape index (κ2) is 16.4. The van der Waals surface area contributed by atoms with Crippen LogP contribution in [0.3, 0.4) is 0 Å². The zero-order valence-corrected chi connectivity index (χ0v) is 30.3. The Morgan fingerprint density at radius 3 is 2.50 bits per heavy atom. The topological polar surface area (TPSA) is 181 Å². The van der Waals surface area contributed by atoms with Gasteiger partial charge >= 0.3 is 6.18 Å². The van der Waals surface area contributed by atoms with Gasteiger partial charge in [0.1, 0.15) is 24.7 Å². The van der Waals surface area contributed by atoms with Gasteiger partial charge in [0, 0.05) is 18.2 Å². The summed E-state index contributed by atoms with van der Waals surface area (Å²) >= 11 is 0. The summed E-state index contributed by atoms with van der Waals surface area (Å²) in [6.07, 6.45) is -0.423. The number of hydrogen-bond donors (Lipinski definition) is 3. The van der Waals surface area contributed by atoms with Crippen molar-refractivity contribution >= 4 is 41.0 Å². The number of pyridine rings is 1. The van der Waals surface area contributed by atoms with E-state index in [-0.39, 0.29) is 52.6 Å². The van der Waals surface area contributed by atoms with Gasteiger partial charge in [0.05, 0.1) is 28.7 Å². The number of unbranched alkanes of at least 4 members (excludes halogenated alkanes) is 2. The Kier molecular flexibility index (Phi) is 11.1. The van der Waals surface area contributed by atoms with Crippen molar-refractivity contribution in [3.8, 4) is 17.1 Å². The van der Waals surface area contributed by atoms with Gasteiger partial charge in [0.2, 0.25) is 17.7 Å². The van der Waals surface area contributed by atoms with Crippen molar-refractivity contribution in [1.82, 2.24) is 30.0 Å². The number of carbonyl (C=O) groups is 5. The number of aryl methyl sites for hydroxylation is 2. The van der Waals surface area contributed by atoms with E-state index in [4.69, 9.17) is 4.42 Å². The Labute approximate surface area is 325 Å². The lowest BCUT2D eigenvalue weighted by atomic mass is 9.97. The summed E-state index contributed by atoms with van der Waals surface area (Å²) in [5, 5.41) is 10.7. The first-order valence-corrected chi connectivity index (χ1v) is 18.1. The number of benzene rings is 2. The fraction of sp³-hybridized carbons (Fsp3) is 0.282. The predicted molar refractivity (Wildman–Crippen MR) is 195 cm³/mol. The largest absolute Gasteiger partial charge is 0.444 e. The maximum atomic E-state index is 14.0. The van der Waals surface area contributed by atoms with E-state index >= 15 is 0 Å². The zero-order chi connectivity index (χ0) is 41.1. The summed E-state index contributed by atoms with van der Waals surface area (Å²) in [5.41, 5.74) is 1.65. The first-order chi connectivity index (χ1) is 27.8. The second-order valence-electron chi connectivity index (χ2n) is 13.6. The molecule has 0 radical (unpaired) electrons. The molecule has 2 aliphatic heterocycles. The van der Waals surface area contributed by atoms with E-state index in [2.05, 4.69) is 31.0 Å². The van der Waals surface area contributed by atoms with Gasteiger partial charge < -0.3 is 15.1 Å². The molecule has 1 saturated heterocycles. The minimum atomic E-state index is -4.47. The number of carbonyl (C=O) groups excluding carboxylic acids is 5. The van der Waals surface area contributed by atoms with Gasteiger partial charge in [-0.05, 0) is 73.6 Å². The van der Waals surface area contributed by atoms with Crippen LogP contribution in [0.5, 0.6) is 0 Å². The Hall–Kier alpha value is -6.79. The molecule has 2 aromatic carbocycles. The fourth-order valence-corrected chi connectivity index (χ4v) is 6.75. The number of nitrogens with zero attached hydrogens (tertiary/aromatic N) is 5. The van der Waals surface area contributed by atoms with Crippen LogP contribution in [0.1, 0.15) is 86.6 Å². The number of imide groups is 2. The van der Waals surface area contributed by atoms with Crippen molar-refractivity contribution < 1.29 is 50.3 Å². The van der Waals surface area contributed by atoms with Crippen LogP contribution >= 0.6 is 0 Å². The SMILES string of the molecule is O=C1CCC(N2C(=O)c3cccc(CCCCCc4ccc(-n5cc(NC(=O)c6coc(-c7ccnc(NCC(F)(F)F)c7)n6)c(C(F)F)n5)cc4)c3C2=O)C(=O)N1. The normalized spacial score (nSPS) is 15.6. The van der Waals surface area contributed by atoms with Crippen molar-refractivity contribution in [2.75, 3.05) is 17.2 Å². The highest BCUT2D eigenvalue weighted by molar-refractivity contribution is 6.24. The molecule has 0 bridgehead atoms. The van der Waals surface area contributed by atoms with Crippen molar-refractivity contribution in [3.63, 3.8) is 0 Å². The Balaban J connectivity index is 0.926. The number of rotatable bonds is 14. The van der Waals surface area contributed by atoms with Crippen molar-refractivity contribution in [1.29, 1.82) is 0 Å². The monoisotopic (exact) mass is 804 g/mol. The lowest BCUT2D eigenvalue weighted by Crippen LogP contribution is -2.54. The van der Waals surface area contributed by atoms with E-state index in [1.54, 1.807) is 30.3 Å². The quantitative estimate of drug-likeness (QED) is 0.0642. The van der Waals surface area contributed by atoms with Gasteiger partial charge in [0.25, 0.3) is 24.1 Å². The number of nitrogens with one attached hydrogen (secondary N) is 3. The molecule has 19 heteroatoms.